The van der Waals surface area contributed by atoms with E-state index in [-0.39, 0.29) is 57.2 Å². The molecule has 8 rings (SSSR count). The largest absolute Gasteiger partial charge is 0.508 e. The topological polar surface area (TPSA) is 110 Å². The highest BCUT2D eigenvalue weighted by Gasteiger charge is 2.72. The quantitative estimate of drug-likeness (QED) is 0.0875. The van der Waals surface area contributed by atoms with Crippen LogP contribution in [0.4, 0.5) is 26.3 Å². The fourth-order valence-corrected chi connectivity index (χ4v) is 7.90. The van der Waals surface area contributed by atoms with E-state index in [0.717, 1.165) is 35.9 Å². The van der Waals surface area contributed by atoms with E-state index in [2.05, 4.69) is 0 Å². The molecule has 0 aromatic heterocycles. The summed E-state index contributed by atoms with van der Waals surface area (Å²) in [4.78, 5) is 39.6. The first-order valence-corrected chi connectivity index (χ1v) is 21.2. The number of phenols is 2. The second-order valence-corrected chi connectivity index (χ2v) is 16.2. The van der Waals surface area contributed by atoms with E-state index in [4.69, 9.17) is 9.47 Å². The van der Waals surface area contributed by atoms with Crippen molar-refractivity contribution in [3.05, 3.63) is 238 Å². The maximum absolute atomic E-state index is 15.0. The van der Waals surface area contributed by atoms with Crippen molar-refractivity contribution in [1.82, 2.24) is 0 Å². The first kappa shape index (κ1) is 47.1. The van der Waals surface area contributed by atoms with Gasteiger partial charge in [-0.1, -0.05) is 90.5 Å². The molecule has 8 aromatic rings. The lowest BCUT2D eigenvalue weighted by molar-refractivity contribution is -0.288. The highest BCUT2D eigenvalue weighted by molar-refractivity contribution is 6.12. The molecule has 8 aromatic carbocycles. The Hall–Kier alpha value is -8.45. The van der Waals surface area contributed by atoms with Crippen LogP contribution in [0, 0.1) is 13.8 Å². The minimum atomic E-state index is -5.84. The number of halogens is 6. The first-order valence-electron chi connectivity index (χ1n) is 21.2. The average Bonchev–Trinajstić information content (AvgIpc) is 3.32. The van der Waals surface area contributed by atoms with Gasteiger partial charge in [0.25, 0.3) is 0 Å². The normalized spacial score (nSPS) is 11.8. The summed E-state index contributed by atoms with van der Waals surface area (Å²) in [5, 5.41) is 19.9. The summed E-state index contributed by atoms with van der Waals surface area (Å²) < 4.78 is 101. The number of rotatable bonds is 13. The molecule has 0 aliphatic rings. The molecular weight excluding hydrogens is 899 g/mol. The molecule has 13 heteroatoms. The Labute approximate surface area is 391 Å². The predicted molar refractivity (Wildman–Crippen MR) is 247 cm³/mol. The molecule has 2 N–H and O–H groups in total. The summed E-state index contributed by atoms with van der Waals surface area (Å²) in [5.74, 6) is -1.32. The summed E-state index contributed by atoms with van der Waals surface area (Å²) in [6.45, 7) is 3.64. The zero-order valence-electron chi connectivity index (χ0n) is 36.5. The first-order chi connectivity index (χ1) is 32.8. The van der Waals surface area contributed by atoms with E-state index in [1.165, 1.54) is 60.7 Å². The molecule has 0 saturated heterocycles. The third-order valence-electron chi connectivity index (χ3n) is 11.6. The molecule has 69 heavy (non-hydrogen) atoms. The van der Waals surface area contributed by atoms with Crippen LogP contribution in [0.5, 0.6) is 34.5 Å². The minimum Gasteiger partial charge on any atom is -0.508 e. The Balaban J connectivity index is 0.945. The van der Waals surface area contributed by atoms with Crippen molar-refractivity contribution in [2.75, 3.05) is 0 Å². The van der Waals surface area contributed by atoms with Crippen LogP contribution in [-0.4, -0.2) is 39.9 Å². The van der Waals surface area contributed by atoms with E-state index in [9.17, 15) is 50.9 Å². The summed E-state index contributed by atoms with van der Waals surface area (Å²) in [7, 11) is 0. The maximum Gasteiger partial charge on any atom is 0.411 e. The predicted octanol–water partition coefficient (Wildman–Crippen LogP) is 14.1. The van der Waals surface area contributed by atoms with Gasteiger partial charge in [0.1, 0.15) is 34.5 Å². The molecule has 0 aliphatic carbocycles. The number of alkyl halides is 6. The molecule has 0 radical (unpaired) electrons. The van der Waals surface area contributed by atoms with Crippen LogP contribution >= 0.6 is 0 Å². The standard InChI is InChI=1S/C56H38F6O7/c1-33-3-6-36(7-4-33)51(65)38-13-22-44(23-14-38)68-46-26-17-41(18-27-46)54(55(57,58)59,56(60,61)62)42-19-28-47(29-20-42)69-45-24-15-39(16-25-45)52(66)37-11-9-35(10-12-37)40-8-5-34(2)49(31-40)53(67)48-30-21-43(63)32-50(48)64/h3-32,63-64H,1-2H3. The van der Waals surface area contributed by atoms with Gasteiger partial charge < -0.3 is 19.7 Å². The summed E-state index contributed by atoms with van der Waals surface area (Å²) in [5.41, 5.74) is -1.83. The fraction of sp³-hybridized carbons (Fsp3) is 0.0893. The zero-order chi connectivity index (χ0) is 49.3. The Morgan fingerprint density at radius 2 is 0.783 bits per heavy atom. The van der Waals surface area contributed by atoms with Crippen molar-refractivity contribution in [3.8, 4) is 45.6 Å². The summed E-state index contributed by atoms with van der Waals surface area (Å²) in [6, 6.07) is 41.2. The smallest absolute Gasteiger partial charge is 0.411 e. The van der Waals surface area contributed by atoms with Crippen LogP contribution < -0.4 is 9.47 Å². The number of ketones is 3. The highest BCUT2D eigenvalue weighted by Crippen LogP contribution is 2.56. The van der Waals surface area contributed by atoms with E-state index in [0.29, 0.717) is 63.2 Å². The van der Waals surface area contributed by atoms with Crippen LogP contribution in [0.2, 0.25) is 0 Å². The van der Waals surface area contributed by atoms with Gasteiger partial charge in [0.05, 0.1) is 5.56 Å². The van der Waals surface area contributed by atoms with Gasteiger partial charge in [-0.25, -0.2) is 0 Å². The van der Waals surface area contributed by atoms with Gasteiger partial charge in [0.15, 0.2) is 17.3 Å². The van der Waals surface area contributed by atoms with Crippen molar-refractivity contribution in [2.24, 2.45) is 0 Å². The number of carbonyl (C=O) groups is 3. The van der Waals surface area contributed by atoms with Gasteiger partial charge in [-0.05, 0) is 133 Å². The van der Waals surface area contributed by atoms with Gasteiger partial charge >= 0.3 is 12.4 Å². The maximum atomic E-state index is 15.0. The van der Waals surface area contributed by atoms with Crippen molar-refractivity contribution in [1.29, 1.82) is 0 Å². The lowest BCUT2D eigenvalue weighted by atomic mass is 9.73. The van der Waals surface area contributed by atoms with Gasteiger partial charge in [-0.2, -0.15) is 26.3 Å². The molecular formula is C56H38F6O7. The van der Waals surface area contributed by atoms with E-state index >= 15 is 0 Å². The van der Waals surface area contributed by atoms with Crippen molar-refractivity contribution in [3.63, 3.8) is 0 Å². The number of benzene rings is 8. The molecule has 0 amide bonds. The van der Waals surface area contributed by atoms with Gasteiger partial charge in [0, 0.05) is 33.9 Å². The van der Waals surface area contributed by atoms with Gasteiger partial charge in [-0.15, -0.1) is 0 Å². The molecule has 346 valence electrons. The number of hydrogen-bond acceptors (Lipinski definition) is 7. The lowest BCUT2D eigenvalue weighted by Crippen LogP contribution is -2.54. The van der Waals surface area contributed by atoms with Gasteiger partial charge in [-0.3, -0.25) is 14.4 Å². The average molecular weight is 937 g/mol. The number of phenolic OH excluding ortho intramolecular Hbond substituents is 2. The van der Waals surface area contributed by atoms with Gasteiger partial charge in [0.2, 0.25) is 5.41 Å². The Kier molecular flexibility index (Phi) is 12.7. The molecule has 0 spiro atoms. The SMILES string of the molecule is Cc1ccc(C(=O)c2ccc(Oc3ccc(C(c4ccc(Oc5ccc(C(=O)c6ccc(-c7ccc(C)c(C(=O)c8ccc(O)cc8O)c7)cc6)cc5)cc4)(C(F)(F)F)C(F)(F)F)cc3)cc2)cc1. The molecule has 0 fully saturated rings. The number of carbonyl (C=O) groups excluding carboxylic acids is 3. The lowest BCUT2D eigenvalue weighted by Gasteiger charge is -2.38. The van der Waals surface area contributed by atoms with Crippen molar-refractivity contribution < 1.29 is 60.4 Å². The second-order valence-electron chi connectivity index (χ2n) is 16.2. The molecule has 0 aliphatic heterocycles. The number of ether oxygens (including phenoxy) is 2. The molecule has 7 nitrogen and oxygen atoms in total. The van der Waals surface area contributed by atoms with Crippen LogP contribution in [-0.2, 0) is 5.41 Å². The Morgan fingerprint density at radius 3 is 1.19 bits per heavy atom. The molecule has 0 saturated carbocycles. The fourth-order valence-electron chi connectivity index (χ4n) is 7.90. The highest BCUT2D eigenvalue weighted by atomic mass is 19.4. The van der Waals surface area contributed by atoms with Crippen molar-refractivity contribution in [2.45, 2.75) is 31.6 Å². The monoisotopic (exact) mass is 936 g/mol. The van der Waals surface area contributed by atoms with Crippen molar-refractivity contribution >= 4 is 17.3 Å². The number of aryl methyl sites for hydroxylation is 2. The summed E-state index contributed by atoms with van der Waals surface area (Å²) >= 11 is 0. The van der Waals surface area contributed by atoms with Crippen LogP contribution in [0.3, 0.4) is 0 Å². The Morgan fingerprint density at radius 1 is 0.406 bits per heavy atom. The van der Waals surface area contributed by atoms with Crippen LogP contribution in [0.25, 0.3) is 11.1 Å². The minimum absolute atomic E-state index is 0.0259. The van der Waals surface area contributed by atoms with E-state index in [1.54, 1.807) is 67.6 Å². The van der Waals surface area contributed by atoms with Crippen LogP contribution in [0.1, 0.15) is 70.0 Å². The molecule has 0 atom stereocenters. The van der Waals surface area contributed by atoms with E-state index in [1.807, 2.05) is 13.0 Å². The van der Waals surface area contributed by atoms with E-state index < -0.39 is 34.7 Å². The number of aromatic hydroxyl groups is 2. The summed E-state index contributed by atoms with van der Waals surface area (Å²) in [6.07, 6.45) is -11.7. The third-order valence-corrected chi connectivity index (χ3v) is 11.6. The molecule has 0 heterocycles. The zero-order valence-corrected chi connectivity index (χ0v) is 36.5. The third kappa shape index (κ3) is 9.57. The van der Waals surface area contributed by atoms with Crippen LogP contribution in [0.15, 0.2) is 182 Å². The number of hydrogen-bond donors (Lipinski definition) is 2. The second kappa shape index (κ2) is 18.7. The Bertz CT molecular complexity index is 3170. The molecule has 0 unspecified atom stereocenters. The molecule has 0 bridgehead atoms.